The molecular weight excluding hydrogens is 332 g/mol. The molecule has 1 aliphatic rings. The van der Waals surface area contributed by atoms with Crippen LogP contribution in [0.15, 0.2) is 97.1 Å². The fraction of sp³-hybridized carbons (Fsp3) is 0.0435. The van der Waals surface area contributed by atoms with Gasteiger partial charge in [-0.05, 0) is 17.2 Å². The van der Waals surface area contributed by atoms with Crippen LogP contribution in [-0.2, 0) is 23.5 Å². The monoisotopic (exact) mass is 350 g/mol. The maximum absolute atomic E-state index is 2.35. The van der Waals surface area contributed by atoms with Crippen LogP contribution < -0.4 is 0 Å². The van der Waals surface area contributed by atoms with E-state index in [1.807, 2.05) is 30.3 Å². The van der Waals surface area contributed by atoms with Gasteiger partial charge in [0.25, 0.3) is 0 Å². The first-order valence-electron chi connectivity index (χ1n) is 8.03. The van der Waals surface area contributed by atoms with Crippen LogP contribution in [0.25, 0.3) is 16.3 Å². The molecule has 0 N–H and O–H groups in total. The van der Waals surface area contributed by atoms with Gasteiger partial charge in [0.2, 0.25) is 0 Å². The fourth-order valence-electron chi connectivity index (χ4n) is 3.26. The van der Waals surface area contributed by atoms with Crippen molar-refractivity contribution in [1.82, 2.24) is 0 Å². The molecular formula is C23H18Fe. The summed E-state index contributed by atoms with van der Waals surface area (Å²) in [6, 6.07) is 31.8. The Bertz CT molecular complexity index is 908. The number of allylic oxidation sites excluding steroid dienone is 1. The van der Waals surface area contributed by atoms with Crippen molar-refractivity contribution < 1.29 is 17.1 Å². The van der Waals surface area contributed by atoms with Gasteiger partial charge in [0.05, 0.1) is 0 Å². The van der Waals surface area contributed by atoms with Crippen LogP contribution in [0, 0.1) is 0 Å². The molecule has 0 unspecified atom stereocenters. The minimum absolute atomic E-state index is 0. The first-order chi connectivity index (χ1) is 11.4. The SMILES string of the molecule is C1=C([c-]2cccc2)c2c(ccc3ccccc23)C1.[Fe+2].c1cc[cH-]c1. The van der Waals surface area contributed by atoms with Gasteiger partial charge in [-0.1, -0.05) is 53.1 Å². The molecule has 4 aromatic carbocycles. The first-order valence-corrected chi connectivity index (χ1v) is 8.03. The summed E-state index contributed by atoms with van der Waals surface area (Å²) in [7, 11) is 0. The summed E-state index contributed by atoms with van der Waals surface area (Å²) in [6.07, 6.45) is 3.41. The Morgan fingerprint density at radius 3 is 2.25 bits per heavy atom. The molecule has 0 radical (unpaired) electrons. The number of hydrogen-bond donors (Lipinski definition) is 0. The van der Waals surface area contributed by atoms with Crippen molar-refractivity contribution in [2.75, 3.05) is 0 Å². The number of fused-ring (bicyclic) bond motifs is 3. The molecule has 118 valence electrons. The van der Waals surface area contributed by atoms with Crippen molar-refractivity contribution in [2.24, 2.45) is 0 Å². The molecule has 1 heteroatoms. The molecule has 0 saturated heterocycles. The third-order valence-electron chi connectivity index (χ3n) is 4.34. The molecule has 0 aliphatic heterocycles. The van der Waals surface area contributed by atoms with E-state index in [9.17, 15) is 0 Å². The zero-order chi connectivity index (χ0) is 15.5. The summed E-state index contributed by atoms with van der Waals surface area (Å²) in [4.78, 5) is 0. The zero-order valence-electron chi connectivity index (χ0n) is 13.3. The van der Waals surface area contributed by atoms with E-state index in [4.69, 9.17) is 0 Å². The van der Waals surface area contributed by atoms with Crippen LogP contribution in [0.3, 0.4) is 0 Å². The summed E-state index contributed by atoms with van der Waals surface area (Å²) in [5.41, 5.74) is 5.61. The molecule has 0 bridgehead atoms. The molecule has 0 aromatic heterocycles. The third-order valence-corrected chi connectivity index (χ3v) is 4.34. The summed E-state index contributed by atoms with van der Waals surface area (Å²) in [5.74, 6) is 0. The topological polar surface area (TPSA) is 0 Å². The van der Waals surface area contributed by atoms with Crippen LogP contribution >= 0.6 is 0 Å². The molecule has 24 heavy (non-hydrogen) atoms. The molecule has 0 atom stereocenters. The summed E-state index contributed by atoms with van der Waals surface area (Å²) < 4.78 is 0. The standard InChI is InChI=1S/C18H13.C5H5.Fe/c1-2-6-13(5-1)17-12-11-15-10-9-14-7-3-4-8-16(14)18(15)17;1-2-4-5-3-1;/h1-10,12H,11H2;1-5H;/q2*-1;+2. The van der Waals surface area contributed by atoms with Crippen molar-refractivity contribution in [3.63, 3.8) is 0 Å². The van der Waals surface area contributed by atoms with Gasteiger partial charge in [-0.25, -0.2) is 12.1 Å². The number of hydrogen-bond acceptors (Lipinski definition) is 0. The van der Waals surface area contributed by atoms with Crippen molar-refractivity contribution in [2.45, 2.75) is 6.42 Å². The molecule has 4 aromatic rings. The van der Waals surface area contributed by atoms with Gasteiger partial charge in [0.1, 0.15) is 0 Å². The van der Waals surface area contributed by atoms with Crippen LogP contribution in [-0.4, -0.2) is 0 Å². The quantitative estimate of drug-likeness (QED) is 0.294. The second-order valence-corrected chi connectivity index (χ2v) is 5.78. The molecule has 0 saturated carbocycles. The molecule has 0 fully saturated rings. The van der Waals surface area contributed by atoms with Gasteiger partial charge < -0.3 is 0 Å². The Kier molecular flexibility index (Phi) is 5.15. The van der Waals surface area contributed by atoms with E-state index in [2.05, 4.69) is 66.7 Å². The second kappa shape index (κ2) is 7.49. The first kappa shape index (κ1) is 16.5. The normalized spacial score (nSPS) is 11.9. The van der Waals surface area contributed by atoms with Gasteiger partial charge in [-0.15, -0.1) is 23.8 Å². The summed E-state index contributed by atoms with van der Waals surface area (Å²) in [5, 5.41) is 2.70. The average Bonchev–Trinajstić information content (AvgIpc) is 3.36. The zero-order valence-corrected chi connectivity index (χ0v) is 14.4. The van der Waals surface area contributed by atoms with E-state index >= 15 is 0 Å². The smallest absolute Gasteiger partial charge is 0.214 e. The molecule has 0 nitrogen and oxygen atoms in total. The van der Waals surface area contributed by atoms with Gasteiger partial charge in [-0.2, -0.15) is 30.3 Å². The van der Waals surface area contributed by atoms with Gasteiger partial charge >= 0.3 is 17.1 Å². The molecule has 5 rings (SSSR count). The van der Waals surface area contributed by atoms with Gasteiger partial charge in [0.15, 0.2) is 0 Å². The number of rotatable bonds is 1. The number of benzene rings is 2. The van der Waals surface area contributed by atoms with Crippen LogP contribution in [0.2, 0.25) is 0 Å². The van der Waals surface area contributed by atoms with E-state index < -0.39 is 0 Å². The predicted molar refractivity (Wildman–Crippen MR) is 98.8 cm³/mol. The van der Waals surface area contributed by atoms with Crippen molar-refractivity contribution >= 4 is 16.3 Å². The average molecular weight is 350 g/mol. The van der Waals surface area contributed by atoms with Crippen molar-refractivity contribution in [3.05, 3.63) is 114 Å². The van der Waals surface area contributed by atoms with E-state index in [1.165, 1.54) is 33.0 Å². The van der Waals surface area contributed by atoms with Crippen molar-refractivity contribution in [1.29, 1.82) is 0 Å². The Hall–Kier alpha value is -2.34. The van der Waals surface area contributed by atoms with E-state index in [-0.39, 0.29) is 17.1 Å². The molecule has 0 amide bonds. The summed E-state index contributed by atoms with van der Waals surface area (Å²) in [6.45, 7) is 0. The molecule has 0 heterocycles. The Balaban J connectivity index is 0.000000245. The minimum Gasteiger partial charge on any atom is -0.214 e. The van der Waals surface area contributed by atoms with Gasteiger partial charge in [0, 0.05) is 0 Å². The van der Waals surface area contributed by atoms with E-state index in [1.54, 1.807) is 0 Å². The van der Waals surface area contributed by atoms with Crippen LogP contribution in [0.5, 0.6) is 0 Å². The Morgan fingerprint density at radius 2 is 1.54 bits per heavy atom. The maximum atomic E-state index is 2.35. The molecule has 0 spiro atoms. The molecule has 1 aliphatic carbocycles. The Labute approximate surface area is 153 Å². The predicted octanol–water partition coefficient (Wildman–Crippen LogP) is 5.95. The van der Waals surface area contributed by atoms with Crippen LogP contribution in [0.1, 0.15) is 16.7 Å². The maximum Gasteiger partial charge on any atom is 2.00 e. The fourth-order valence-corrected chi connectivity index (χ4v) is 3.26. The second-order valence-electron chi connectivity index (χ2n) is 5.78. The van der Waals surface area contributed by atoms with Crippen molar-refractivity contribution in [3.8, 4) is 0 Å². The van der Waals surface area contributed by atoms with E-state index in [0.29, 0.717) is 0 Å². The summed E-state index contributed by atoms with van der Waals surface area (Å²) >= 11 is 0. The Morgan fingerprint density at radius 1 is 0.792 bits per heavy atom. The largest absolute Gasteiger partial charge is 2.00 e. The minimum atomic E-state index is 0. The third kappa shape index (κ3) is 3.14. The van der Waals surface area contributed by atoms with E-state index in [0.717, 1.165) is 6.42 Å². The van der Waals surface area contributed by atoms with Crippen LogP contribution in [0.4, 0.5) is 0 Å². The van der Waals surface area contributed by atoms with Gasteiger partial charge in [-0.3, -0.25) is 0 Å².